The fourth-order valence-electron chi connectivity index (χ4n) is 4.54. The van der Waals surface area contributed by atoms with Crippen molar-refractivity contribution in [2.45, 2.75) is 57.2 Å². The van der Waals surface area contributed by atoms with E-state index in [1.807, 2.05) is 24.3 Å². The number of likely N-dealkylation sites (tertiary alicyclic amines) is 1. The molecule has 150 valence electrons. The van der Waals surface area contributed by atoms with Crippen LogP contribution in [0.5, 0.6) is 5.75 Å². The standard InChI is InChI=1S/C25H33NO2/c1-20-11-15-26(16-12-20)18-24(25(27)13-6-14-25)22-9-5-10-23(17-22)28-19-21-7-3-2-4-8-21/h2-5,7-10,17,20,24,27H,6,11-16,18-19H2,1H3. The molecule has 0 spiro atoms. The van der Waals surface area contributed by atoms with Crippen molar-refractivity contribution in [2.24, 2.45) is 5.92 Å². The van der Waals surface area contributed by atoms with E-state index in [-0.39, 0.29) is 5.92 Å². The zero-order chi connectivity index (χ0) is 19.4. The van der Waals surface area contributed by atoms with Crippen LogP contribution in [0.1, 0.15) is 56.1 Å². The highest BCUT2D eigenvalue weighted by molar-refractivity contribution is 5.34. The summed E-state index contributed by atoms with van der Waals surface area (Å²) in [5.41, 5.74) is 1.83. The van der Waals surface area contributed by atoms with Gasteiger partial charge in [-0.2, -0.15) is 0 Å². The lowest BCUT2D eigenvalue weighted by Crippen LogP contribution is -2.48. The average molecular weight is 380 g/mol. The predicted molar refractivity (Wildman–Crippen MR) is 114 cm³/mol. The molecule has 3 heteroatoms. The molecule has 2 aromatic carbocycles. The Bertz CT molecular complexity index is 748. The van der Waals surface area contributed by atoms with Gasteiger partial charge in [-0.15, -0.1) is 0 Å². The number of benzene rings is 2. The summed E-state index contributed by atoms with van der Waals surface area (Å²) in [4.78, 5) is 2.55. The smallest absolute Gasteiger partial charge is 0.120 e. The van der Waals surface area contributed by atoms with Crippen molar-refractivity contribution >= 4 is 0 Å². The minimum atomic E-state index is -0.554. The van der Waals surface area contributed by atoms with Crippen LogP contribution in [-0.4, -0.2) is 35.2 Å². The molecule has 1 atom stereocenters. The van der Waals surface area contributed by atoms with Gasteiger partial charge in [0.25, 0.3) is 0 Å². The maximum absolute atomic E-state index is 11.2. The maximum Gasteiger partial charge on any atom is 0.120 e. The van der Waals surface area contributed by atoms with E-state index in [1.165, 1.54) is 24.0 Å². The molecule has 1 unspecified atom stereocenters. The summed E-state index contributed by atoms with van der Waals surface area (Å²) in [5.74, 6) is 1.88. The fraction of sp³-hybridized carbons (Fsp3) is 0.520. The zero-order valence-electron chi connectivity index (χ0n) is 17.0. The number of aliphatic hydroxyl groups is 1. The molecule has 2 aliphatic rings. The first-order valence-electron chi connectivity index (χ1n) is 10.8. The molecule has 3 nitrogen and oxygen atoms in total. The summed E-state index contributed by atoms with van der Waals surface area (Å²) in [6, 6.07) is 18.7. The van der Waals surface area contributed by atoms with Crippen LogP contribution in [0.25, 0.3) is 0 Å². The van der Waals surface area contributed by atoms with Gasteiger partial charge in [0.2, 0.25) is 0 Å². The van der Waals surface area contributed by atoms with Crippen LogP contribution in [-0.2, 0) is 6.61 Å². The predicted octanol–water partition coefficient (Wildman–Crippen LogP) is 5.00. The fourth-order valence-corrected chi connectivity index (χ4v) is 4.54. The van der Waals surface area contributed by atoms with Gasteiger partial charge in [0, 0.05) is 12.5 Å². The van der Waals surface area contributed by atoms with Gasteiger partial charge in [-0.1, -0.05) is 49.4 Å². The van der Waals surface area contributed by atoms with E-state index in [4.69, 9.17) is 4.74 Å². The molecule has 0 aromatic heterocycles. The third-order valence-electron chi connectivity index (χ3n) is 6.69. The van der Waals surface area contributed by atoms with Crippen LogP contribution in [0, 0.1) is 5.92 Å². The van der Waals surface area contributed by atoms with Crippen LogP contribution in [0.4, 0.5) is 0 Å². The largest absolute Gasteiger partial charge is 0.489 e. The number of hydrogen-bond donors (Lipinski definition) is 1. The Hall–Kier alpha value is -1.84. The van der Waals surface area contributed by atoms with Crippen molar-refractivity contribution in [3.63, 3.8) is 0 Å². The lowest BCUT2D eigenvalue weighted by molar-refractivity contribution is -0.0661. The van der Waals surface area contributed by atoms with Gasteiger partial charge in [0.15, 0.2) is 0 Å². The molecule has 1 heterocycles. The Balaban J connectivity index is 1.48. The Morgan fingerprint density at radius 3 is 2.50 bits per heavy atom. The van der Waals surface area contributed by atoms with Gasteiger partial charge in [0.05, 0.1) is 5.60 Å². The number of rotatable bonds is 7. The van der Waals surface area contributed by atoms with Gasteiger partial charge in [-0.3, -0.25) is 0 Å². The molecular weight excluding hydrogens is 346 g/mol. The molecule has 0 bridgehead atoms. The summed E-state index contributed by atoms with van der Waals surface area (Å²) < 4.78 is 6.06. The molecule has 1 saturated carbocycles. The second kappa shape index (κ2) is 8.67. The van der Waals surface area contributed by atoms with Gasteiger partial charge in [-0.05, 0) is 74.4 Å². The second-order valence-corrected chi connectivity index (χ2v) is 8.84. The Morgan fingerprint density at radius 2 is 1.82 bits per heavy atom. The highest BCUT2D eigenvalue weighted by Gasteiger charge is 2.43. The van der Waals surface area contributed by atoms with Crippen molar-refractivity contribution in [1.29, 1.82) is 0 Å². The maximum atomic E-state index is 11.2. The molecule has 1 aliphatic heterocycles. The number of piperidine rings is 1. The quantitative estimate of drug-likeness (QED) is 0.735. The van der Waals surface area contributed by atoms with Crippen LogP contribution < -0.4 is 4.74 Å². The van der Waals surface area contributed by atoms with E-state index in [9.17, 15) is 5.11 Å². The second-order valence-electron chi connectivity index (χ2n) is 8.84. The van der Waals surface area contributed by atoms with Gasteiger partial charge < -0.3 is 14.7 Å². The lowest BCUT2D eigenvalue weighted by Gasteiger charge is -2.46. The first-order valence-corrected chi connectivity index (χ1v) is 10.8. The van der Waals surface area contributed by atoms with Crippen molar-refractivity contribution < 1.29 is 9.84 Å². The van der Waals surface area contributed by atoms with Crippen LogP contribution in [0.15, 0.2) is 54.6 Å². The lowest BCUT2D eigenvalue weighted by atomic mass is 9.68. The summed E-state index contributed by atoms with van der Waals surface area (Å²) in [6.45, 7) is 6.17. The van der Waals surface area contributed by atoms with Crippen molar-refractivity contribution in [1.82, 2.24) is 4.90 Å². The van der Waals surface area contributed by atoms with Crippen molar-refractivity contribution in [2.75, 3.05) is 19.6 Å². The summed E-state index contributed by atoms with van der Waals surface area (Å²) >= 11 is 0. The third kappa shape index (κ3) is 4.59. The minimum absolute atomic E-state index is 0.162. The molecule has 2 fully saturated rings. The van der Waals surface area contributed by atoms with Crippen LogP contribution in [0.2, 0.25) is 0 Å². The summed E-state index contributed by atoms with van der Waals surface area (Å²) in [7, 11) is 0. The number of ether oxygens (including phenoxy) is 1. The third-order valence-corrected chi connectivity index (χ3v) is 6.69. The van der Waals surface area contributed by atoms with Gasteiger partial charge >= 0.3 is 0 Å². The Morgan fingerprint density at radius 1 is 1.07 bits per heavy atom. The SMILES string of the molecule is CC1CCN(CC(c2cccc(OCc3ccccc3)c2)C2(O)CCC2)CC1. The minimum Gasteiger partial charge on any atom is -0.489 e. The molecule has 0 radical (unpaired) electrons. The number of hydrogen-bond acceptors (Lipinski definition) is 3. The Labute approximate surface area is 169 Å². The van der Waals surface area contributed by atoms with E-state index < -0.39 is 5.60 Å². The monoisotopic (exact) mass is 379 g/mol. The van der Waals surface area contributed by atoms with E-state index in [0.29, 0.717) is 6.61 Å². The molecule has 1 saturated heterocycles. The Kier molecular flexibility index (Phi) is 6.03. The molecule has 2 aromatic rings. The zero-order valence-corrected chi connectivity index (χ0v) is 17.0. The topological polar surface area (TPSA) is 32.7 Å². The van der Waals surface area contributed by atoms with Crippen molar-refractivity contribution in [3.8, 4) is 5.75 Å². The van der Waals surface area contributed by atoms with Crippen LogP contribution in [0.3, 0.4) is 0 Å². The summed E-state index contributed by atoms with van der Waals surface area (Å²) in [5, 5.41) is 11.2. The van der Waals surface area contributed by atoms with E-state index in [0.717, 1.165) is 50.6 Å². The molecular formula is C25H33NO2. The summed E-state index contributed by atoms with van der Waals surface area (Å²) in [6.07, 6.45) is 5.50. The average Bonchev–Trinajstić information content (AvgIpc) is 2.71. The van der Waals surface area contributed by atoms with E-state index in [1.54, 1.807) is 0 Å². The van der Waals surface area contributed by atoms with E-state index >= 15 is 0 Å². The molecule has 4 rings (SSSR count). The van der Waals surface area contributed by atoms with Crippen molar-refractivity contribution in [3.05, 3.63) is 65.7 Å². The molecule has 0 amide bonds. The molecule has 1 aliphatic carbocycles. The first kappa shape index (κ1) is 19.5. The number of nitrogens with zero attached hydrogens (tertiary/aromatic N) is 1. The highest BCUT2D eigenvalue weighted by Crippen LogP contribution is 2.44. The molecule has 1 N–H and O–H groups in total. The van der Waals surface area contributed by atoms with E-state index in [2.05, 4.69) is 42.2 Å². The highest BCUT2D eigenvalue weighted by atomic mass is 16.5. The van der Waals surface area contributed by atoms with Crippen LogP contribution >= 0.6 is 0 Å². The molecule has 28 heavy (non-hydrogen) atoms. The van der Waals surface area contributed by atoms with Gasteiger partial charge in [-0.25, -0.2) is 0 Å². The first-order chi connectivity index (χ1) is 13.6. The normalized spacial score (nSPS) is 21.1. The van der Waals surface area contributed by atoms with Gasteiger partial charge in [0.1, 0.15) is 12.4 Å².